The van der Waals surface area contributed by atoms with Gasteiger partial charge in [0.2, 0.25) is 0 Å². The second-order valence-electron chi connectivity index (χ2n) is 12.6. The van der Waals surface area contributed by atoms with Crippen LogP contribution in [0.4, 0.5) is 11.4 Å². The summed E-state index contributed by atoms with van der Waals surface area (Å²) in [5.74, 6) is 1.74. The van der Waals surface area contributed by atoms with Crippen LogP contribution in [0.2, 0.25) is 0 Å². The molecule has 2 fully saturated rings. The van der Waals surface area contributed by atoms with Crippen LogP contribution in [0.1, 0.15) is 47.5 Å². The molecule has 2 aliphatic rings. The van der Waals surface area contributed by atoms with Gasteiger partial charge in [0.15, 0.2) is 0 Å². The van der Waals surface area contributed by atoms with E-state index in [1.165, 1.54) is 11.4 Å². The summed E-state index contributed by atoms with van der Waals surface area (Å²) < 4.78 is 14.9. The van der Waals surface area contributed by atoms with Crippen molar-refractivity contribution >= 4 is 11.4 Å². The monoisotopic (exact) mass is 547 g/mol. The minimum Gasteiger partial charge on any atom is -0.488 e. The van der Waals surface area contributed by atoms with Gasteiger partial charge in [-0.15, -0.1) is 0 Å². The van der Waals surface area contributed by atoms with Gasteiger partial charge < -0.3 is 19.3 Å². The van der Waals surface area contributed by atoms with Gasteiger partial charge >= 0.3 is 5.69 Å². The predicted molar refractivity (Wildman–Crippen MR) is 161 cm³/mol. The van der Waals surface area contributed by atoms with Crippen LogP contribution in [-0.2, 0) is 11.3 Å². The van der Waals surface area contributed by atoms with Gasteiger partial charge in [0.25, 0.3) is 0 Å². The fourth-order valence-corrected chi connectivity index (χ4v) is 6.09. The molecule has 2 aliphatic heterocycles. The molecule has 8 nitrogen and oxygen atoms in total. The first-order valence-electron chi connectivity index (χ1n) is 14.8. The Morgan fingerprint density at radius 1 is 0.925 bits per heavy atom. The van der Waals surface area contributed by atoms with Crippen LogP contribution in [0.15, 0.2) is 59.7 Å². The molecule has 0 aliphatic carbocycles. The lowest BCUT2D eigenvalue weighted by Gasteiger charge is -2.37. The quantitative estimate of drug-likeness (QED) is 0.385. The van der Waals surface area contributed by atoms with E-state index < -0.39 is 0 Å². The second kappa shape index (κ2) is 12.1. The van der Waals surface area contributed by atoms with Crippen LogP contribution >= 0.6 is 0 Å². The molecule has 3 aromatic rings. The molecule has 2 saturated heterocycles. The normalized spacial score (nSPS) is 19.2. The van der Waals surface area contributed by atoms with Crippen molar-refractivity contribution in [1.82, 2.24) is 14.3 Å². The van der Waals surface area contributed by atoms with E-state index >= 15 is 0 Å². The zero-order chi connectivity index (χ0) is 28.3. The largest absolute Gasteiger partial charge is 0.488 e. The lowest BCUT2D eigenvalue weighted by atomic mass is 9.74. The number of rotatable bonds is 8. The van der Waals surface area contributed by atoms with E-state index in [1.54, 1.807) is 15.6 Å². The van der Waals surface area contributed by atoms with Gasteiger partial charge in [-0.05, 0) is 78.6 Å². The fourth-order valence-electron chi connectivity index (χ4n) is 6.09. The summed E-state index contributed by atoms with van der Waals surface area (Å²) in [6.07, 6.45) is 3.93. The average molecular weight is 548 g/mol. The molecule has 5 rings (SSSR count). The van der Waals surface area contributed by atoms with Crippen molar-refractivity contribution in [1.29, 1.82) is 0 Å². The highest BCUT2D eigenvalue weighted by Gasteiger charge is 2.29. The van der Waals surface area contributed by atoms with Crippen LogP contribution < -0.4 is 20.2 Å². The Labute approximate surface area is 238 Å². The third-order valence-corrected chi connectivity index (χ3v) is 8.42. The van der Waals surface area contributed by atoms with Gasteiger partial charge in [-0.2, -0.15) is 5.10 Å². The molecule has 0 amide bonds. The molecule has 0 radical (unpaired) electrons. The Balaban J connectivity index is 1.17. The Hall–Kier alpha value is -3.26. The van der Waals surface area contributed by atoms with Crippen molar-refractivity contribution in [3.63, 3.8) is 0 Å². The molecule has 0 bridgehead atoms. The maximum atomic E-state index is 13.2. The maximum absolute atomic E-state index is 13.2. The number of ether oxygens (including phenoxy) is 2. The summed E-state index contributed by atoms with van der Waals surface area (Å²) in [6.45, 7) is 17.1. The first-order chi connectivity index (χ1) is 19.2. The van der Waals surface area contributed by atoms with E-state index in [0.717, 1.165) is 57.1 Å². The molecule has 3 heterocycles. The average Bonchev–Trinajstić information content (AvgIpc) is 3.32. The smallest absolute Gasteiger partial charge is 0.350 e. The Morgan fingerprint density at radius 2 is 1.50 bits per heavy atom. The Kier molecular flexibility index (Phi) is 8.54. The molecule has 2 aromatic carbocycles. The molecule has 0 spiro atoms. The van der Waals surface area contributed by atoms with E-state index in [2.05, 4.69) is 85.9 Å². The van der Waals surface area contributed by atoms with Crippen molar-refractivity contribution in [3.8, 4) is 11.4 Å². The van der Waals surface area contributed by atoms with Crippen LogP contribution in [0.3, 0.4) is 0 Å². The standard InChI is InChI=1S/C32H45N5O3/c1-24(2)30(32(3,4)5)21-37-31(38)36(23-33-37)27-10-8-25(9-11-27)34-16-18-35(19-17-34)26-12-14-28(15-13-26)40-29-7-6-20-39-22-29/h8-15,23-24,29-30H,6-7,16-22H2,1-5H3. The van der Waals surface area contributed by atoms with Crippen molar-refractivity contribution in [2.75, 3.05) is 49.2 Å². The van der Waals surface area contributed by atoms with Crippen LogP contribution in [0, 0.1) is 17.3 Å². The van der Waals surface area contributed by atoms with Crippen molar-refractivity contribution in [2.45, 2.75) is 60.1 Å². The van der Waals surface area contributed by atoms with Crippen LogP contribution in [-0.4, -0.2) is 59.8 Å². The Morgan fingerprint density at radius 3 is 2.02 bits per heavy atom. The predicted octanol–water partition coefficient (Wildman–Crippen LogP) is 5.24. The van der Waals surface area contributed by atoms with E-state index in [-0.39, 0.29) is 17.2 Å². The number of piperazine rings is 1. The minimum atomic E-state index is -0.0836. The van der Waals surface area contributed by atoms with Gasteiger partial charge in [-0.1, -0.05) is 34.6 Å². The molecule has 216 valence electrons. The first-order valence-corrected chi connectivity index (χ1v) is 14.8. The zero-order valence-corrected chi connectivity index (χ0v) is 24.8. The molecular formula is C32H45N5O3. The third kappa shape index (κ3) is 6.54. The third-order valence-electron chi connectivity index (χ3n) is 8.42. The summed E-state index contributed by atoms with van der Waals surface area (Å²) in [5.41, 5.74) is 3.27. The lowest BCUT2D eigenvalue weighted by molar-refractivity contribution is 0.00743. The number of benzene rings is 2. The van der Waals surface area contributed by atoms with Gasteiger partial charge in [0.1, 0.15) is 18.2 Å². The number of hydrogen-bond acceptors (Lipinski definition) is 6. The highest BCUT2D eigenvalue weighted by molar-refractivity contribution is 5.54. The second-order valence-corrected chi connectivity index (χ2v) is 12.6. The minimum absolute atomic E-state index is 0.0836. The summed E-state index contributed by atoms with van der Waals surface area (Å²) >= 11 is 0. The van der Waals surface area contributed by atoms with E-state index in [1.807, 2.05) is 12.1 Å². The van der Waals surface area contributed by atoms with Crippen molar-refractivity contribution in [2.24, 2.45) is 17.3 Å². The van der Waals surface area contributed by atoms with E-state index in [9.17, 15) is 4.79 Å². The highest BCUT2D eigenvalue weighted by Crippen LogP contribution is 2.33. The molecule has 2 unspecified atom stereocenters. The van der Waals surface area contributed by atoms with Gasteiger partial charge in [-0.25, -0.2) is 14.0 Å². The number of nitrogens with zero attached hydrogens (tertiary/aromatic N) is 5. The summed E-state index contributed by atoms with van der Waals surface area (Å²) in [5, 5.41) is 4.45. The summed E-state index contributed by atoms with van der Waals surface area (Å²) in [4.78, 5) is 18.0. The molecule has 8 heteroatoms. The van der Waals surface area contributed by atoms with Gasteiger partial charge in [-0.3, -0.25) is 0 Å². The molecule has 40 heavy (non-hydrogen) atoms. The topological polar surface area (TPSA) is 64.8 Å². The van der Waals surface area contributed by atoms with E-state index in [0.29, 0.717) is 25.0 Å². The van der Waals surface area contributed by atoms with Crippen molar-refractivity contribution in [3.05, 3.63) is 65.3 Å². The molecule has 0 saturated carbocycles. The number of aromatic nitrogens is 3. The fraction of sp³-hybridized carbons (Fsp3) is 0.562. The first kappa shape index (κ1) is 28.3. The van der Waals surface area contributed by atoms with Crippen molar-refractivity contribution < 1.29 is 9.47 Å². The molecular weight excluding hydrogens is 502 g/mol. The van der Waals surface area contributed by atoms with Gasteiger partial charge in [0, 0.05) is 44.2 Å². The maximum Gasteiger partial charge on any atom is 0.350 e. The van der Waals surface area contributed by atoms with E-state index in [4.69, 9.17) is 9.47 Å². The van der Waals surface area contributed by atoms with Crippen LogP contribution in [0.5, 0.6) is 5.75 Å². The molecule has 0 N–H and O–H groups in total. The summed E-state index contributed by atoms with van der Waals surface area (Å²) in [6, 6.07) is 16.7. The molecule has 1 aromatic heterocycles. The number of anilines is 2. The van der Waals surface area contributed by atoms with Gasteiger partial charge in [0.05, 0.1) is 18.8 Å². The zero-order valence-electron chi connectivity index (χ0n) is 24.8. The Bertz CT molecular complexity index is 1280. The summed E-state index contributed by atoms with van der Waals surface area (Å²) in [7, 11) is 0. The molecule has 2 atom stereocenters. The lowest BCUT2D eigenvalue weighted by Crippen LogP contribution is -2.46. The van der Waals surface area contributed by atoms with Crippen LogP contribution in [0.25, 0.3) is 5.69 Å². The SMILES string of the molecule is CC(C)C(Cn1ncn(-c2ccc(N3CCN(c4ccc(OC5CCCOC5)cc4)CC3)cc2)c1=O)C(C)(C)C. The highest BCUT2D eigenvalue weighted by atomic mass is 16.5. The number of hydrogen-bond donors (Lipinski definition) is 0.